The number of ether oxygens (including phenoxy) is 1. The fourth-order valence-electron chi connectivity index (χ4n) is 3.22. The average Bonchev–Trinajstić information content (AvgIpc) is 3.07. The Morgan fingerprint density at radius 1 is 1.41 bits per heavy atom. The summed E-state index contributed by atoms with van der Waals surface area (Å²) in [5, 5.41) is 3.56. The van der Waals surface area contributed by atoms with Gasteiger partial charge in [0, 0.05) is 32.8 Å². The molecule has 100 valence electrons. The van der Waals surface area contributed by atoms with Gasteiger partial charge in [-0.05, 0) is 37.6 Å². The molecular formula is C14H28N2O. The summed E-state index contributed by atoms with van der Waals surface area (Å²) in [7, 11) is 1.81. The van der Waals surface area contributed by atoms with Crippen LogP contribution in [0.1, 0.15) is 39.0 Å². The van der Waals surface area contributed by atoms with E-state index in [-0.39, 0.29) is 0 Å². The maximum Gasteiger partial charge on any atom is 0.0589 e. The molecule has 0 aromatic rings. The molecule has 3 nitrogen and oxygen atoms in total. The van der Waals surface area contributed by atoms with E-state index in [1.165, 1.54) is 51.7 Å². The molecule has 1 N–H and O–H groups in total. The van der Waals surface area contributed by atoms with Gasteiger partial charge in [0.25, 0.3) is 0 Å². The highest BCUT2D eigenvalue weighted by Gasteiger charge is 2.38. The van der Waals surface area contributed by atoms with Gasteiger partial charge in [0.15, 0.2) is 0 Å². The first-order chi connectivity index (χ1) is 8.29. The van der Waals surface area contributed by atoms with Crippen LogP contribution in [-0.2, 0) is 4.74 Å². The third kappa shape index (κ3) is 3.67. The zero-order chi connectivity index (χ0) is 12.1. The minimum absolute atomic E-state index is 0.547. The van der Waals surface area contributed by atoms with E-state index in [0.717, 1.165) is 19.2 Å². The zero-order valence-electron chi connectivity index (χ0n) is 11.5. The molecule has 0 bridgehead atoms. The number of nitrogens with one attached hydrogen (secondary N) is 1. The first-order valence-electron chi connectivity index (χ1n) is 7.23. The van der Waals surface area contributed by atoms with Crippen molar-refractivity contribution in [1.29, 1.82) is 0 Å². The van der Waals surface area contributed by atoms with Crippen LogP contribution in [0.4, 0.5) is 0 Å². The Balaban J connectivity index is 1.89. The van der Waals surface area contributed by atoms with Crippen LogP contribution in [0.15, 0.2) is 0 Å². The first kappa shape index (κ1) is 13.3. The Morgan fingerprint density at radius 2 is 2.24 bits per heavy atom. The maximum absolute atomic E-state index is 5.25. The molecule has 0 amide bonds. The number of rotatable bonds is 8. The highest BCUT2D eigenvalue weighted by atomic mass is 16.5. The van der Waals surface area contributed by atoms with Gasteiger partial charge >= 0.3 is 0 Å². The van der Waals surface area contributed by atoms with Crippen molar-refractivity contribution >= 4 is 0 Å². The van der Waals surface area contributed by atoms with E-state index in [4.69, 9.17) is 4.74 Å². The van der Waals surface area contributed by atoms with Gasteiger partial charge in [-0.15, -0.1) is 0 Å². The SMILES string of the molecule is CCCC1(CN(CCOC)C2CC2)CCNC1. The number of nitrogens with zero attached hydrogens (tertiary/aromatic N) is 1. The molecule has 1 aliphatic heterocycles. The molecule has 1 saturated carbocycles. The van der Waals surface area contributed by atoms with Crippen LogP contribution in [0.25, 0.3) is 0 Å². The van der Waals surface area contributed by atoms with E-state index in [1.54, 1.807) is 0 Å². The molecule has 1 unspecified atom stereocenters. The fraction of sp³-hybridized carbons (Fsp3) is 1.00. The van der Waals surface area contributed by atoms with Gasteiger partial charge in [0.2, 0.25) is 0 Å². The van der Waals surface area contributed by atoms with Crippen LogP contribution in [0, 0.1) is 5.41 Å². The largest absolute Gasteiger partial charge is 0.383 e. The third-order valence-electron chi connectivity index (χ3n) is 4.30. The summed E-state index contributed by atoms with van der Waals surface area (Å²) in [5.41, 5.74) is 0.547. The standard InChI is InChI=1S/C14H28N2O/c1-3-6-14(7-8-15-11-14)12-16(9-10-17-2)13-4-5-13/h13,15H,3-12H2,1-2H3. The quantitative estimate of drug-likeness (QED) is 0.701. The molecule has 2 rings (SSSR count). The zero-order valence-corrected chi connectivity index (χ0v) is 11.5. The van der Waals surface area contributed by atoms with E-state index in [9.17, 15) is 0 Å². The Kier molecular flexibility index (Phi) is 4.83. The summed E-state index contributed by atoms with van der Waals surface area (Å²) in [6, 6.07) is 0.861. The molecule has 3 heteroatoms. The van der Waals surface area contributed by atoms with Crippen molar-refractivity contribution in [3.8, 4) is 0 Å². The van der Waals surface area contributed by atoms with Crippen LogP contribution in [0.5, 0.6) is 0 Å². The van der Waals surface area contributed by atoms with E-state index >= 15 is 0 Å². The number of hydrogen-bond donors (Lipinski definition) is 1. The Bertz CT molecular complexity index is 222. The molecule has 2 aliphatic rings. The predicted octanol–water partition coefficient (Wildman–Crippen LogP) is 1.88. The third-order valence-corrected chi connectivity index (χ3v) is 4.30. The molecule has 1 aliphatic carbocycles. The molecule has 1 atom stereocenters. The smallest absolute Gasteiger partial charge is 0.0589 e. The molecule has 0 radical (unpaired) electrons. The normalized spacial score (nSPS) is 29.1. The number of hydrogen-bond acceptors (Lipinski definition) is 3. The van der Waals surface area contributed by atoms with Crippen molar-refractivity contribution in [1.82, 2.24) is 10.2 Å². The van der Waals surface area contributed by atoms with Crippen LogP contribution in [-0.4, -0.2) is 50.8 Å². The minimum Gasteiger partial charge on any atom is -0.383 e. The Labute approximate surface area is 106 Å². The van der Waals surface area contributed by atoms with Gasteiger partial charge < -0.3 is 10.1 Å². The van der Waals surface area contributed by atoms with Crippen LogP contribution >= 0.6 is 0 Å². The average molecular weight is 240 g/mol. The van der Waals surface area contributed by atoms with Crippen molar-refractivity contribution < 1.29 is 4.74 Å². The summed E-state index contributed by atoms with van der Waals surface area (Å²) in [5.74, 6) is 0. The summed E-state index contributed by atoms with van der Waals surface area (Å²) < 4.78 is 5.25. The second-order valence-corrected chi connectivity index (χ2v) is 5.87. The highest BCUT2D eigenvalue weighted by molar-refractivity contribution is 4.94. The number of methoxy groups -OCH3 is 1. The topological polar surface area (TPSA) is 24.5 Å². The Morgan fingerprint density at radius 3 is 2.76 bits per heavy atom. The highest BCUT2D eigenvalue weighted by Crippen LogP contribution is 2.36. The van der Waals surface area contributed by atoms with Crippen LogP contribution < -0.4 is 5.32 Å². The monoisotopic (exact) mass is 240 g/mol. The molecule has 0 aromatic heterocycles. The summed E-state index contributed by atoms with van der Waals surface area (Å²) in [4.78, 5) is 2.69. The van der Waals surface area contributed by atoms with Gasteiger partial charge in [0.05, 0.1) is 6.61 Å². The van der Waals surface area contributed by atoms with Gasteiger partial charge in [-0.3, -0.25) is 4.90 Å². The van der Waals surface area contributed by atoms with E-state index in [2.05, 4.69) is 17.1 Å². The maximum atomic E-state index is 5.25. The van der Waals surface area contributed by atoms with Gasteiger partial charge in [-0.1, -0.05) is 13.3 Å². The molecular weight excluding hydrogens is 212 g/mol. The second kappa shape index (κ2) is 6.17. The van der Waals surface area contributed by atoms with Crippen LogP contribution in [0.2, 0.25) is 0 Å². The van der Waals surface area contributed by atoms with E-state index < -0.39 is 0 Å². The van der Waals surface area contributed by atoms with E-state index in [1.807, 2.05) is 7.11 Å². The lowest BCUT2D eigenvalue weighted by Gasteiger charge is -2.35. The predicted molar refractivity (Wildman–Crippen MR) is 71.3 cm³/mol. The first-order valence-corrected chi connectivity index (χ1v) is 7.23. The molecule has 0 aromatic carbocycles. The summed E-state index contributed by atoms with van der Waals surface area (Å²) in [6.07, 6.45) is 6.84. The molecule has 0 spiro atoms. The summed E-state index contributed by atoms with van der Waals surface area (Å²) >= 11 is 0. The van der Waals surface area contributed by atoms with Crippen molar-refractivity contribution in [3.05, 3.63) is 0 Å². The lowest BCUT2D eigenvalue weighted by atomic mass is 9.82. The van der Waals surface area contributed by atoms with Gasteiger partial charge in [-0.2, -0.15) is 0 Å². The molecule has 1 heterocycles. The minimum atomic E-state index is 0.547. The van der Waals surface area contributed by atoms with Crippen molar-refractivity contribution in [2.75, 3.05) is 39.9 Å². The Hall–Kier alpha value is -0.120. The summed E-state index contributed by atoms with van der Waals surface area (Å²) in [6.45, 7) is 8.02. The second-order valence-electron chi connectivity index (χ2n) is 5.87. The molecule has 1 saturated heterocycles. The van der Waals surface area contributed by atoms with E-state index in [0.29, 0.717) is 5.41 Å². The van der Waals surface area contributed by atoms with Gasteiger partial charge in [-0.25, -0.2) is 0 Å². The molecule has 17 heavy (non-hydrogen) atoms. The van der Waals surface area contributed by atoms with Gasteiger partial charge in [0.1, 0.15) is 0 Å². The van der Waals surface area contributed by atoms with Crippen LogP contribution in [0.3, 0.4) is 0 Å². The van der Waals surface area contributed by atoms with Crippen molar-refractivity contribution in [3.63, 3.8) is 0 Å². The fourth-order valence-corrected chi connectivity index (χ4v) is 3.22. The van der Waals surface area contributed by atoms with Crippen molar-refractivity contribution in [2.45, 2.75) is 45.1 Å². The molecule has 2 fully saturated rings. The van der Waals surface area contributed by atoms with Crippen molar-refractivity contribution in [2.24, 2.45) is 5.41 Å². The lowest BCUT2D eigenvalue weighted by molar-refractivity contribution is 0.102. The lowest BCUT2D eigenvalue weighted by Crippen LogP contribution is -2.42.